The average molecular weight is 305 g/mol. The van der Waals surface area contributed by atoms with Gasteiger partial charge in [-0.2, -0.15) is 0 Å². The standard InChI is InChI=1S/C15H20FN5O/c1-11(2)21-9-14(18-19-21)15(22)5-6-20(10-15)8-13-4-3-12(16)7-17-13/h3-4,7,9,11,22H,5-6,8,10H2,1-2H3. The smallest absolute Gasteiger partial charge is 0.141 e. The van der Waals surface area contributed by atoms with E-state index in [1.165, 1.54) is 12.3 Å². The predicted molar refractivity (Wildman–Crippen MR) is 78.4 cm³/mol. The molecular formula is C15H20FN5O. The topological polar surface area (TPSA) is 67.1 Å². The summed E-state index contributed by atoms with van der Waals surface area (Å²) in [7, 11) is 0. The van der Waals surface area contributed by atoms with Crippen molar-refractivity contribution in [3.8, 4) is 0 Å². The van der Waals surface area contributed by atoms with Gasteiger partial charge in [-0.3, -0.25) is 9.88 Å². The molecule has 0 radical (unpaired) electrons. The lowest BCUT2D eigenvalue weighted by Gasteiger charge is -2.20. The van der Waals surface area contributed by atoms with Gasteiger partial charge >= 0.3 is 0 Å². The van der Waals surface area contributed by atoms with Crippen molar-refractivity contribution in [2.75, 3.05) is 13.1 Å². The molecule has 0 amide bonds. The molecule has 1 saturated heterocycles. The van der Waals surface area contributed by atoms with Crippen LogP contribution in [0.25, 0.3) is 0 Å². The van der Waals surface area contributed by atoms with Crippen molar-refractivity contribution < 1.29 is 9.50 Å². The molecule has 3 rings (SSSR count). The second-order valence-corrected chi connectivity index (χ2v) is 6.14. The first kappa shape index (κ1) is 15.1. The maximum atomic E-state index is 12.9. The Labute approximate surface area is 128 Å². The van der Waals surface area contributed by atoms with Gasteiger partial charge in [0.25, 0.3) is 0 Å². The summed E-state index contributed by atoms with van der Waals surface area (Å²) in [5, 5.41) is 19.0. The van der Waals surface area contributed by atoms with Crippen LogP contribution in [0.5, 0.6) is 0 Å². The maximum absolute atomic E-state index is 12.9. The molecule has 0 spiro atoms. The lowest BCUT2D eigenvalue weighted by atomic mass is 10.00. The molecule has 0 aliphatic carbocycles. The number of nitrogens with zero attached hydrogens (tertiary/aromatic N) is 5. The van der Waals surface area contributed by atoms with Crippen molar-refractivity contribution in [3.63, 3.8) is 0 Å². The lowest BCUT2D eigenvalue weighted by molar-refractivity contribution is 0.0407. The van der Waals surface area contributed by atoms with Crippen LogP contribution in [0, 0.1) is 5.82 Å². The second kappa shape index (κ2) is 5.73. The highest BCUT2D eigenvalue weighted by atomic mass is 19.1. The van der Waals surface area contributed by atoms with Gasteiger partial charge in [0.05, 0.1) is 18.1 Å². The van der Waals surface area contributed by atoms with E-state index in [0.29, 0.717) is 25.2 Å². The van der Waals surface area contributed by atoms with Gasteiger partial charge in [0.2, 0.25) is 0 Å². The number of aliphatic hydroxyl groups is 1. The minimum atomic E-state index is -0.979. The largest absolute Gasteiger partial charge is 0.382 e. The van der Waals surface area contributed by atoms with Crippen LogP contribution >= 0.6 is 0 Å². The van der Waals surface area contributed by atoms with E-state index >= 15 is 0 Å². The highest BCUT2D eigenvalue weighted by Crippen LogP contribution is 2.31. The summed E-state index contributed by atoms with van der Waals surface area (Å²) in [5.41, 5.74) is 0.417. The molecule has 118 valence electrons. The Kier molecular flexibility index (Phi) is 3.92. The molecule has 2 aromatic rings. The van der Waals surface area contributed by atoms with Crippen molar-refractivity contribution in [1.29, 1.82) is 0 Å². The third-order valence-electron chi connectivity index (χ3n) is 4.02. The zero-order valence-corrected chi connectivity index (χ0v) is 12.8. The average Bonchev–Trinajstić information content (AvgIpc) is 3.10. The van der Waals surface area contributed by atoms with Crippen molar-refractivity contribution >= 4 is 0 Å². The Hall–Kier alpha value is -1.86. The molecule has 1 aliphatic heterocycles. The third kappa shape index (κ3) is 3.00. The molecule has 1 aliphatic rings. The molecule has 0 bridgehead atoms. The molecule has 1 atom stereocenters. The number of β-amino-alcohol motifs (C(OH)–C–C–N with tert-alkyl or cyclic N) is 1. The number of pyridine rings is 1. The molecule has 1 fully saturated rings. The van der Waals surface area contributed by atoms with E-state index < -0.39 is 5.60 Å². The van der Waals surface area contributed by atoms with Crippen LogP contribution in [-0.2, 0) is 12.1 Å². The van der Waals surface area contributed by atoms with Crippen LogP contribution in [0.2, 0.25) is 0 Å². The highest BCUT2D eigenvalue weighted by Gasteiger charge is 2.40. The highest BCUT2D eigenvalue weighted by molar-refractivity contribution is 5.12. The summed E-state index contributed by atoms with van der Waals surface area (Å²) in [6.07, 6.45) is 3.63. The summed E-state index contributed by atoms with van der Waals surface area (Å²) < 4.78 is 14.6. The molecule has 0 saturated carbocycles. The minimum Gasteiger partial charge on any atom is -0.382 e. The number of aromatic nitrogens is 4. The molecule has 2 aromatic heterocycles. The van der Waals surface area contributed by atoms with E-state index in [2.05, 4.69) is 20.2 Å². The van der Waals surface area contributed by atoms with Crippen LogP contribution in [0.1, 0.15) is 37.7 Å². The van der Waals surface area contributed by atoms with Crippen LogP contribution in [0.15, 0.2) is 24.5 Å². The number of hydrogen-bond acceptors (Lipinski definition) is 5. The minimum absolute atomic E-state index is 0.214. The SMILES string of the molecule is CC(C)n1cc(C2(O)CCN(Cc3ccc(F)cn3)C2)nn1. The lowest BCUT2D eigenvalue weighted by Crippen LogP contribution is -2.31. The molecule has 22 heavy (non-hydrogen) atoms. The summed E-state index contributed by atoms with van der Waals surface area (Å²) in [5.74, 6) is -0.341. The van der Waals surface area contributed by atoms with Crippen molar-refractivity contribution in [2.24, 2.45) is 0 Å². The fourth-order valence-corrected chi connectivity index (χ4v) is 2.69. The molecule has 1 N–H and O–H groups in total. The third-order valence-corrected chi connectivity index (χ3v) is 4.02. The molecule has 3 heterocycles. The number of hydrogen-bond donors (Lipinski definition) is 1. The molecule has 7 heteroatoms. The number of likely N-dealkylation sites (tertiary alicyclic amines) is 1. The Morgan fingerprint density at radius 1 is 1.41 bits per heavy atom. The quantitative estimate of drug-likeness (QED) is 0.927. The van der Waals surface area contributed by atoms with E-state index in [9.17, 15) is 9.50 Å². The summed E-state index contributed by atoms with van der Waals surface area (Å²) in [6, 6.07) is 3.28. The van der Waals surface area contributed by atoms with Gasteiger partial charge in [-0.1, -0.05) is 5.21 Å². The molecule has 6 nitrogen and oxygen atoms in total. The van der Waals surface area contributed by atoms with Gasteiger partial charge in [-0.25, -0.2) is 9.07 Å². The Morgan fingerprint density at radius 2 is 2.23 bits per heavy atom. The second-order valence-electron chi connectivity index (χ2n) is 6.14. The Bertz CT molecular complexity index is 642. The van der Waals surface area contributed by atoms with Gasteiger partial charge in [-0.15, -0.1) is 5.10 Å². The summed E-state index contributed by atoms with van der Waals surface area (Å²) >= 11 is 0. The Morgan fingerprint density at radius 3 is 2.86 bits per heavy atom. The molecular weight excluding hydrogens is 285 g/mol. The molecule has 0 aromatic carbocycles. The fourth-order valence-electron chi connectivity index (χ4n) is 2.69. The van der Waals surface area contributed by atoms with Crippen LogP contribution in [0.4, 0.5) is 4.39 Å². The van der Waals surface area contributed by atoms with Crippen LogP contribution in [0.3, 0.4) is 0 Å². The van der Waals surface area contributed by atoms with E-state index in [4.69, 9.17) is 0 Å². The van der Waals surface area contributed by atoms with Gasteiger partial charge < -0.3 is 5.11 Å². The van der Waals surface area contributed by atoms with Gasteiger partial charge in [-0.05, 0) is 32.4 Å². The van der Waals surface area contributed by atoms with Crippen molar-refractivity contribution in [3.05, 3.63) is 41.7 Å². The van der Waals surface area contributed by atoms with Gasteiger partial charge in [0.15, 0.2) is 0 Å². The molecule has 1 unspecified atom stereocenters. The Balaban J connectivity index is 1.68. The first-order chi connectivity index (χ1) is 10.5. The number of halogens is 1. The van der Waals surface area contributed by atoms with Crippen molar-refractivity contribution in [2.45, 2.75) is 38.5 Å². The van der Waals surface area contributed by atoms with E-state index in [0.717, 1.165) is 12.2 Å². The summed E-state index contributed by atoms with van der Waals surface area (Å²) in [6.45, 7) is 5.83. The van der Waals surface area contributed by atoms with Crippen LogP contribution < -0.4 is 0 Å². The predicted octanol–water partition coefficient (Wildman–Crippen LogP) is 1.49. The summed E-state index contributed by atoms with van der Waals surface area (Å²) in [4.78, 5) is 6.15. The van der Waals surface area contributed by atoms with Crippen molar-refractivity contribution in [1.82, 2.24) is 24.9 Å². The van der Waals surface area contributed by atoms with Gasteiger partial charge in [0, 0.05) is 25.7 Å². The zero-order chi connectivity index (χ0) is 15.7. The van der Waals surface area contributed by atoms with Crippen LogP contribution in [-0.4, -0.2) is 43.1 Å². The van der Waals surface area contributed by atoms with Gasteiger partial charge in [0.1, 0.15) is 17.1 Å². The van der Waals surface area contributed by atoms with E-state index in [1.54, 1.807) is 10.7 Å². The van der Waals surface area contributed by atoms with E-state index in [1.807, 2.05) is 20.0 Å². The normalized spacial score (nSPS) is 22.6. The first-order valence-corrected chi connectivity index (χ1v) is 7.44. The monoisotopic (exact) mass is 305 g/mol. The van der Waals surface area contributed by atoms with E-state index in [-0.39, 0.29) is 11.9 Å². The first-order valence-electron chi connectivity index (χ1n) is 7.44. The zero-order valence-electron chi connectivity index (χ0n) is 12.8. The number of rotatable bonds is 4. The fraction of sp³-hybridized carbons (Fsp3) is 0.533. The maximum Gasteiger partial charge on any atom is 0.141 e.